The summed E-state index contributed by atoms with van der Waals surface area (Å²) in [5.74, 6) is 0.845. The minimum Gasteiger partial charge on any atom is -0.369 e. The van der Waals surface area contributed by atoms with E-state index in [4.69, 9.17) is 0 Å². The van der Waals surface area contributed by atoms with Gasteiger partial charge in [0.1, 0.15) is 12.1 Å². The fourth-order valence-corrected chi connectivity index (χ4v) is 0.971. The van der Waals surface area contributed by atoms with Gasteiger partial charge in [-0.1, -0.05) is 0 Å². The summed E-state index contributed by atoms with van der Waals surface area (Å²) in [5, 5.41) is 3.08. The van der Waals surface area contributed by atoms with E-state index in [-0.39, 0.29) is 0 Å². The lowest BCUT2D eigenvalue weighted by Crippen LogP contribution is -1.99. The van der Waals surface area contributed by atoms with Crippen molar-refractivity contribution in [1.29, 1.82) is 0 Å². The zero-order valence-corrected chi connectivity index (χ0v) is 7.22. The van der Waals surface area contributed by atoms with E-state index in [0.717, 1.165) is 16.8 Å². The van der Waals surface area contributed by atoms with Crippen LogP contribution in [0, 0.1) is 0 Å². The van der Waals surface area contributed by atoms with Crippen LogP contribution in [0.3, 0.4) is 0 Å². The molecule has 0 amide bonds. The predicted molar refractivity (Wildman–Crippen MR) is 43.9 cm³/mol. The largest absolute Gasteiger partial charge is 0.369 e. The first kappa shape index (κ1) is 7.47. The molecule has 0 saturated heterocycles. The van der Waals surface area contributed by atoms with E-state index in [9.17, 15) is 0 Å². The molecule has 1 N–H and O–H groups in total. The average Bonchev–Trinajstić information content (AvgIpc) is 1.94. The van der Waals surface area contributed by atoms with Crippen LogP contribution in [-0.4, -0.2) is 16.5 Å². The van der Waals surface area contributed by atoms with Crippen molar-refractivity contribution in [2.45, 2.75) is 6.92 Å². The maximum atomic E-state index is 4.00. The predicted octanol–water partition coefficient (Wildman–Crippen LogP) is 1.67. The molecule has 0 spiro atoms. The molecule has 0 aromatic carbocycles. The molecule has 1 heterocycles. The molecule has 0 aliphatic heterocycles. The van der Waals surface area contributed by atoms with Gasteiger partial charge in [0.2, 0.25) is 0 Å². The second kappa shape index (κ2) is 3.51. The van der Waals surface area contributed by atoms with E-state index >= 15 is 0 Å². The smallest absolute Gasteiger partial charge is 0.143 e. The monoisotopic (exact) mass is 201 g/mol. The Bertz CT molecular complexity index is 214. The SMILES string of the molecule is CCNc1ncncc1Br. The first-order valence-electron chi connectivity index (χ1n) is 3.04. The minimum atomic E-state index is 0.845. The second-order valence-electron chi connectivity index (χ2n) is 1.75. The second-order valence-corrected chi connectivity index (χ2v) is 2.60. The first-order valence-corrected chi connectivity index (χ1v) is 3.83. The Morgan fingerprint density at radius 1 is 1.70 bits per heavy atom. The van der Waals surface area contributed by atoms with Crippen LogP contribution in [0.4, 0.5) is 5.82 Å². The van der Waals surface area contributed by atoms with Crippen molar-refractivity contribution in [2.75, 3.05) is 11.9 Å². The lowest BCUT2D eigenvalue weighted by atomic mass is 10.5. The fourth-order valence-electron chi connectivity index (χ4n) is 0.610. The van der Waals surface area contributed by atoms with Gasteiger partial charge < -0.3 is 5.32 Å². The van der Waals surface area contributed by atoms with Gasteiger partial charge in [0, 0.05) is 12.7 Å². The number of halogens is 1. The molecule has 0 aliphatic rings. The van der Waals surface area contributed by atoms with Gasteiger partial charge in [0.15, 0.2) is 0 Å². The van der Waals surface area contributed by atoms with E-state index in [1.54, 1.807) is 6.20 Å². The summed E-state index contributed by atoms with van der Waals surface area (Å²) in [6, 6.07) is 0. The standard InChI is InChI=1S/C6H8BrN3/c1-2-9-6-5(7)3-8-4-10-6/h3-4H,2H2,1H3,(H,8,9,10). The molecule has 0 radical (unpaired) electrons. The summed E-state index contributed by atoms with van der Waals surface area (Å²) < 4.78 is 0.900. The highest BCUT2D eigenvalue weighted by molar-refractivity contribution is 9.10. The molecular weight excluding hydrogens is 194 g/mol. The molecule has 1 aromatic heterocycles. The highest BCUT2D eigenvalue weighted by atomic mass is 79.9. The van der Waals surface area contributed by atoms with Crippen LogP contribution >= 0.6 is 15.9 Å². The Hall–Kier alpha value is -0.640. The van der Waals surface area contributed by atoms with E-state index in [1.807, 2.05) is 6.92 Å². The van der Waals surface area contributed by atoms with E-state index in [0.29, 0.717) is 0 Å². The van der Waals surface area contributed by atoms with Crippen molar-refractivity contribution in [3.63, 3.8) is 0 Å². The fraction of sp³-hybridized carbons (Fsp3) is 0.333. The van der Waals surface area contributed by atoms with Crippen LogP contribution in [0.2, 0.25) is 0 Å². The Morgan fingerprint density at radius 2 is 2.50 bits per heavy atom. The number of aromatic nitrogens is 2. The van der Waals surface area contributed by atoms with Crippen molar-refractivity contribution in [3.05, 3.63) is 17.0 Å². The van der Waals surface area contributed by atoms with Gasteiger partial charge in [-0.15, -0.1) is 0 Å². The lowest BCUT2D eigenvalue weighted by molar-refractivity contribution is 1.10. The minimum absolute atomic E-state index is 0.845. The lowest BCUT2D eigenvalue weighted by Gasteiger charge is -2.01. The van der Waals surface area contributed by atoms with Gasteiger partial charge in [0.05, 0.1) is 4.47 Å². The molecule has 10 heavy (non-hydrogen) atoms. The summed E-state index contributed by atoms with van der Waals surface area (Å²) >= 11 is 3.31. The summed E-state index contributed by atoms with van der Waals surface area (Å²) in [7, 11) is 0. The van der Waals surface area contributed by atoms with Gasteiger partial charge in [-0.25, -0.2) is 9.97 Å². The van der Waals surface area contributed by atoms with Crippen molar-refractivity contribution < 1.29 is 0 Å². The number of hydrogen-bond donors (Lipinski definition) is 1. The van der Waals surface area contributed by atoms with Gasteiger partial charge in [-0.3, -0.25) is 0 Å². The van der Waals surface area contributed by atoms with E-state index in [1.165, 1.54) is 6.33 Å². The van der Waals surface area contributed by atoms with Crippen LogP contribution in [-0.2, 0) is 0 Å². The molecule has 0 atom stereocenters. The highest BCUT2D eigenvalue weighted by Gasteiger charge is 1.95. The summed E-state index contributed by atoms with van der Waals surface area (Å²) in [5.41, 5.74) is 0. The molecular formula is C6H8BrN3. The Morgan fingerprint density at radius 3 is 3.10 bits per heavy atom. The number of anilines is 1. The molecule has 0 aliphatic carbocycles. The topological polar surface area (TPSA) is 37.8 Å². The molecule has 1 rings (SSSR count). The molecule has 1 aromatic rings. The number of hydrogen-bond acceptors (Lipinski definition) is 3. The highest BCUT2D eigenvalue weighted by Crippen LogP contribution is 2.15. The zero-order valence-electron chi connectivity index (χ0n) is 5.63. The van der Waals surface area contributed by atoms with Gasteiger partial charge in [-0.2, -0.15) is 0 Å². The van der Waals surface area contributed by atoms with Crippen LogP contribution in [0.25, 0.3) is 0 Å². The Kier molecular flexibility index (Phi) is 2.62. The third-order valence-corrected chi connectivity index (χ3v) is 1.59. The summed E-state index contributed by atoms with van der Waals surface area (Å²) in [4.78, 5) is 7.83. The average molecular weight is 202 g/mol. The van der Waals surface area contributed by atoms with Gasteiger partial charge >= 0.3 is 0 Å². The molecule has 0 saturated carbocycles. The zero-order chi connectivity index (χ0) is 7.40. The number of nitrogens with zero attached hydrogens (tertiary/aromatic N) is 2. The van der Waals surface area contributed by atoms with Gasteiger partial charge in [0.25, 0.3) is 0 Å². The Balaban J connectivity index is 2.81. The van der Waals surface area contributed by atoms with Crippen LogP contribution in [0.1, 0.15) is 6.92 Å². The Labute approximate surface area is 68.0 Å². The maximum absolute atomic E-state index is 4.00. The van der Waals surface area contributed by atoms with Gasteiger partial charge in [-0.05, 0) is 22.9 Å². The van der Waals surface area contributed by atoms with E-state index in [2.05, 4.69) is 31.2 Å². The van der Waals surface area contributed by atoms with Crippen LogP contribution in [0.5, 0.6) is 0 Å². The third kappa shape index (κ3) is 1.67. The molecule has 0 unspecified atom stereocenters. The number of nitrogens with one attached hydrogen (secondary N) is 1. The number of rotatable bonds is 2. The molecule has 54 valence electrons. The molecule has 3 nitrogen and oxygen atoms in total. The summed E-state index contributed by atoms with van der Waals surface area (Å²) in [6.07, 6.45) is 3.23. The third-order valence-electron chi connectivity index (χ3n) is 1.01. The quantitative estimate of drug-likeness (QED) is 0.792. The van der Waals surface area contributed by atoms with Crippen molar-refractivity contribution in [3.8, 4) is 0 Å². The van der Waals surface area contributed by atoms with Crippen LogP contribution in [0.15, 0.2) is 17.0 Å². The van der Waals surface area contributed by atoms with Crippen molar-refractivity contribution >= 4 is 21.7 Å². The summed E-state index contributed by atoms with van der Waals surface area (Å²) in [6.45, 7) is 2.89. The van der Waals surface area contributed by atoms with Crippen LogP contribution < -0.4 is 5.32 Å². The van der Waals surface area contributed by atoms with Crippen molar-refractivity contribution in [2.24, 2.45) is 0 Å². The molecule has 4 heteroatoms. The molecule has 0 bridgehead atoms. The van der Waals surface area contributed by atoms with E-state index < -0.39 is 0 Å². The first-order chi connectivity index (χ1) is 4.84. The normalized spacial score (nSPS) is 9.40. The maximum Gasteiger partial charge on any atom is 0.143 e. The molecule has 0 fully saturated rings. The van der Waals surface area contributed by atoms with Crippen molar-refractivity contribution in [1.82, 2.24) is 9.97 Å².